The molecule has 0 heterocycles. The fraction of sp³-hybridized carbons (Fsp3) is 0.333. The van der Waals surface area contributed by atoms with Gasteiger partial charge >= 0.3 is 0 Å². The molecule has 0 bridgehead atoms. The fourth-order valence-corrected chi connectivity index (χ4v) is 4.84. The van der Waals surface area contributed by atoms with E-state index in [2.05, 4.69) is 71.2 Å². The third kappa shape index (κ3) is 3.88. The minimum absolute atomic E-state index is 0.306. The molecule has 0 aliphatic carbocycles. The van der Waals surface area contributed by atoms with Crippen molar-refractivity contribution in [3.8, 4) is 11.5 Å². The van der Waals surface area contributed by atoms with Crippen LogP contribution in [-0.2, 0) is 0 Å². The number of aromatic hydroxyl groups is 2. The number of hydrogen-bond acceptors (Lipinski definition) is 2. The number of phenols is 2. The Morgan fingerprint density at radius 2 is 1.27 bits per heavy atom. The lowest BCUT2D eigenvalue weighted by Crippen LogP contribution is -2.11. The van der Waals surface area contributed by atoms with Gasteiger partial charge in [0.1, 0.15) is 11.5 Å². The van der Waals surface area contributed by atoms with Crippen LogP contribution in [0.3, 0.4) is 0 Å². The van der Waals surface area contributed by atoms with Crippen molar-refractivity contribution in [2.75, 3.05) is 0 Å². The van der Waals surface area contributed by atoms with E-state index in [1.807, 2.05) is 12.1 Å². The summed E-state index contributed by atoms with van der Waals surface area (Å²) in [5, 5.41) is 19.5. The van der Waals surface area contributed by atoms with E-state index in [0.717, 1.165) is 20.0 Å². The van der Waals surface area contributed by atoms with Gasteiger partial charge in [-0.3, -0.25) is 0 Å². The Balaban J connectivity index is 2.42. The zero-order chi connectivity index (χ0) is 16.3. The molecule has 0 aliphatic heterocycles. The van der Waals surface area contributed by atoms with Crippen LogP contribution in [0.25, 0.3) is 0 Å². The molecule has 0 aromatic heterocycles. The first-order valence-electron chi connectivity index (χ1n) is 7.44. The van der Waals surface area contributed by atoms with E-state index in [4.69, 9.17) is 0 Å². The summed E-state index contributed by atoms with van der Waals surface area (Å²) in [5.74, 6) is 1.48. The zero-order valence-electron chi connectivity index (χ0n) is 12.7. The van der Waals surface area contributed by atoms with Gasteiger partial charge in [-0.15, -0.1) is 0 Å². The average Bonchev–Trinajstić information content (AvgIpc) is 2.51. The Morgan fingerprint density at radius 3 is 1.73 bits per heavy atom. The van der Waals surface area contributed by atoms with Crippen molar-refractivity contribution >= 4 is 45.2 Å². The standard InChI is InChI=1S/C18H20I2O2/c1-3-14(11-5-7-13(21)8-6-11)15(4-2)12-9-16(19)18(22)17(20)10-12/h5-10,14-15,21-22H,3-4H2,1-2H3. The van der Waals surface area contributed by atoms with Crippen LogP contribution in [0.1, 0.15) is 49.7 Å². The van der Waals surface area contributed by atoms with Crippen molar-refractivity contribution in [3.05, 3.63) is 54.7 Å². The molecule has 2 nitrogen and oxygen atoms in total. The van der Waals surface area contributed by atoms with Crippen molar-refractivity contribution in [1.29, 1.82) is 0 Å². The van der Waals surface area contributed by atoms with Crippen molar-refractivity contribution < 1.29 is 10.2 Å². The van der Waals surface area contributed by atoms with Gasteiger partial charge in [-0.1, -0.05) is 26.0 Å². The largest absolute Gasteiger partial charge is 0.508 e. The summed E-state index contributed by atoms with van der Waals surface area (Å²) < 4.78 is 1.80. The van der Waals surface area contributed by atoms with E-state index in [9.17, 15) is 10.2 Å². The molecule has 2 N–H and O–H groups in total. The second kappa shape index (κ2) is 7.86. The van der Waals surface area contributed by atoms with Gasteiger partial charge in [0.05, 0.1) is 7.14 Å². The van der Waals surface area contributed by atoms with E-state index < -0.39 is 0 Å². The van der Waals surface area contributed by atoms with Gasteiger partial charge in [0.2, 0.25) is 0 Å². The molecule has 4 heteroatoms. The Bertz CT molecular complexity index is 615. The monoisotopic (exact) mass is 522 g/mol. The third-order valence-corrected chi connectivity index (χ3v) is 5.80. The summed E-state index contributed by atoms with van der Waals surface area (Å²) in [4.78, 5) is 0. The maximum Gasteiger partial charge on any atom is 0.142 e. The van der Waals surface area contributed by atoms with Gasteiger partial charge in [-0.05, 0) is 105 Å². The van der Waals surface area contributed by atoms with Crippen molar-refractivity contribution in [2.45, 2.75) is 38.5 Å². The van der Waals surface area contributed by atoms with Crippen LogP contribution >= 0.6 is 45.2 Å². The van der Waals surface area contributed by atoms with Crippen LogP contribution in [0, 0.1) is 7.14 Å². The van der Waals surface area contributed by atoms with Crippen molar-refractivity contribution in [3.63, 3.8) is 0 Å². The lowest BCUT2D eigenvalue weighted by atomic mass is 9.78. The first-order valence-corrected chi connectivity index (χ1v) is 9.60. The van der Waals surface area contributed by atoms with Gasteiger partial charge < -0.3 is 10.2 Å². The molecule has 22 heavy (non-hydrogen) atoms. The molecule has 118 valence electrons. The maximum atomic E-state index is 9.99. The molecule has 0 saturated heterocycles. The average molecular weight is 522 g/mol. The smallest absolute Gasteiger partial charge is 0.142 e. The van der Waals surface area contributed by atoms with Crippen molar-refractivity contribution in [1.82, 2.24) is 0 Å². The number of phenolic OH excluding ortho intramolecular Hbond substituents is 2. The highest BCUT2D eigenvalue weighted by Gasteiger charge is 2.23. The highest BCUT2D eigenvalue weighted by Crippen LogP contribution is 2.40. The number of hydrogen-bond donors (Lipinski definition) is 2. The van der Waals surface area contributed by atoms with Crippen LogP contribution in [0.4, 0.5) is 0 Å². The zero-order valence-corrected chi connectivity index (χ0v) is 17.0. The molecule has 0 spiro atoms. The molecule has 0 fully saturated rings. The lowest BCUT2D eigenvalue weighted by molar-refractivity contribution is 0.464. The molecule has 2 unspecified atom stereocenters. The molecule has 0 saturated carbocycles. The molecular weight excluding hydrogens is 502 g/mol. The van der Waals surface area contributed by atoms with Gasteiger partial charge in [0.25, 0.3) is 0 Å². The van der Waals surface area contributed by atoms with E-state index in [-0.39, 0.29) is 0 Å². The Kier molecular flexibility index (Phi) is 6.37. The second-order valence-electron chi connectivity index (χ2n) is 5.45. The summed E-state index contributed by atoms with van der Waals surface area (Å²) in [6, 6.07) is 11.7. The summed E-state index contributed by atoms with van der Waals surface area (Å²) in [5.41, 5.74) is 2.53. The molecule has 2 rings (SSSR count). The van der Waals surface area contributed by atoms with E-state index in [0.29, 0.717) is 23.3 Å². The summed E-state index contributed by atoms with van der Waals surface area (Å²) >= 11 is 4.38. The Labute approximate surface area is 159 Å². The molecule has 2 aromatic rings. The molecule has 2 aromatic carbocycles. The molecule has 2 atom stereocenters. The summed E-state index contributed by atoms with van der Waals surface area (Å²) in [6.45, 7) is 4.41. The topological polar surface area (TPSA) is 40.5 Å². The predicted octanol–water partition coefficient (Wildman–Crippen LogP) is 5.99. The van der Waals surface area contributed by atoms with Crippen LogP contribution in [0.5, 0.6) is 11.5 Å². The fourth-order valence-electron chi connectivity index (χ4n) is 3.03. The number of benzene rings is 2. The Hall–Kier alpha value is -0.500. The SMILES string of the molecule is CCC(c1ccc(O)cc1)C(CC)c1cc(I)c(O)c(I)c1. The highest BCUT2D eigenvalue weighted by molar-refractivity contribution is 14.1. The summed E-state index contributed by atoms with van der Waals surface area (Å²) in [7, 11) is 0. The molecule has 0 aliphatic rings. The van der Waals surface area contributed by atoms with E-state index in [1.165, 1.54) is 11.1 Å². The number of halogens is 2. The van der Waals surface area contributed by atoms with Gasteiger partial charge in [-0.25, -0.2) is 0 Å². The predicted molar refractivity (Wildman–Crippen MR) is 108 cm³/mol. The normalized spacial score (nSPS) is 13.8. The third-order valence-electron chi connectivity index (χ3n) is 4.15. The quantitative estimate of drug-likeness (QED) is 0.474. The van der Waals surface area contributed by atoms with E-state index in [1.54, 1.807) is 12.1 Å². The lowest BCUT2D eigenvalue weighted by Gasteiger charge is -2.27. The Morgan fingerprint density at radius 1 is 0.818 bits per heavy atom. The molecule has 0 radical (unpaired) electrons. The molecule has 0 amide bonds. The summed E-state index contributed by atoms with van der Waals surface area (Å²) in [6.07, 6.45) is 2.08. The van der Waals surface area contributed by atoms with E-state index >= 15 is 0 Å². The minimum atomic E-state index is 0.306. The molecular formula is C18H20I2O2. The van der Waals surface area contributed by atoms with Crippen LogP contribution in [0.2, 0.25) is 0 Å². The van der Waals surface area contributed by atoms with Gasteiger partial charge in [-0.2, -0.15) is 0 Å². The van der Waals surface area contributed by atoms with Crippen LogP contribution in [-0.4, -0.2) is 10.2 Å². The van der Waals surface area contributed by atoms with Gasteiger partial charge in [0.15, 0.2) is 0 Å². The second-order valence-corrected chi connectivity index (χ2v) is 7.78. The first-order chi connectivity index (χ1) is 10.5. The van der Waals surface area contributed by atoms with Crippen molar-refractivity contribution in [2.24, 2.45) is 0 Å². The van der Waals surface area contributed by atoms with Crippen LogP contribution < -0.4 is 0 Å². The van der Waals surface area contributed by atoms with Gasteiger partial charge in [0, 0.05) is 0 Å². The first kappa shape index (κ1) is 17.8. The maximum absolute atomic E-state index is 9.99. The minimum Gasteiger partial charge on any atom is -0.508 e. The number of rotatable bonds is 5. The van der Waals surface area contributed by atoms with Crippen LogP contribution in [0.15, 0.2) is 36.4 Å². The highest BCUT2D eigenvalue weighted by atomic mass is 127.